The molecule has 31 heavy (non-hydrogen) atoms. The molecule has 0 spiro atoms. The van der Waals surface area contributed by atoms with Crippen LogP contribution in [0.15, 0.2) is 79.0 Å². The first kappa shape index (κ1) is 25.0. The van der Waals surface area contributed by atoms with Gasteiger partial charge in [-0.05, 0) is 24.1 Å². The number of hydrogen-bond donors (Lipinski definition) is 2. The number of aliphatic hydroxyl groups is 2. The van der Waals surface area contributed by atoms with Crippen molar-refractivity contribution >= 4 is 0 Å². The van der Waals surface area contributed by atoms with Crippen molar-refractivity contribution in [3.8, 4) is 0 Å². The number of hydrogen-bond acceptors (Lipinski definition) is 5. The minimum Gasteiger partial charge on any atom is -0.388 e. The molecule has 0 saturated carbocycles. The van der Waals surface area contributed by atoms with Crippen molar-refractivity contribution in [2.45, 2.75) is 39.0 Å². The fraction of sp³-hybridized carbons (Fsp3) is 0.423. The van der Waals surface area contributed by atoms with Crippen LogP contribution in [0.4, 0.5) is 0 Å². The van der Waals surface area contributed by atoms with Crippen molar-refractivity contribution in [1.82, 2.24) is 14.8 Å². The van der Waals surface area contributed by atoms with E-state index in [1.807, 2.05) is 62.4 Å². The van der Waals surface area contributed by atoms with Crippen molar-refractivity contribution in [3.05, 3.63) is 90.3 Å². The van der Waals surface area contributed by atoms with Crippen LogP contribution in [0.5, 0.6) is 0 Å². The molecule has 2 atom stereocenters. The molecule has 3 heterocycles. The Balaban J connectivity index is 0.000000204. The highest BCUT2D eigenvalue weighted by Crippen LogP contribution is 2.07. The van der Waals surface area contributed by atoms with Gasteiger partial charge in [0.1, 0.15) is 0 Å². The molecule has 0 radical (unpaired) electrons. The van der Waals surface area contributed by atoms with Crippen LogP contribution in [0, 0.1) is 0 Å². The highest BCUT2D eigenvalue weighted by Gasteiger charge is 2.13. The molecule has 4 rings (SSSR count). The summed E-state index contributed by atoms with van der Waals surface area (Å²) in [6.07, 6.45) is 10.00. The number of rotatable bonds is 5. The van der Waals surface area contributed by atoms with E-state index in [4.69, 9.17) is 0 Å². The first-order chi connectivity index (χ1) is 15.2. The third kappa shape index (κ3) is 10.0. The van der Waals surface area contributed by atoms with Crippen molar-refractivity contribution in [2.75, 3.05) is 32.7 Å². The Morgan fingerprint density at radius 1 is 0.839 bits per heavy atom. The summed E-state index contributed by atoms with van der Waals surface area (Å²) in [7, 11) is 0. The summed E-state index contributed by atoms with van der Waals surface area (Å²) in [5.41, 5.74) is 2.41. The van der Waals surface area contributed by atoms with Crippen molar-refractivity contribution in [2.24, 2.45) is 0 Å². The van der Waals surface area contributed by atoms with E-state index in [0.717, 1.165) is 44.8 Å². The van der Waals surface area contributed by atoms with Crippen LogP contribution in [0.3, 0.4) is 0 Å². The van der Waals surface area contributed by atoms with Gasteiger partial charge in [0.15, 0.2) is 0 Å². The topological polar surface area (TPSA) is 59.8 Å². The molecule has 5 nitrogen and oxygen atoms in total. The largest absolute Gasteiger partial charge is 0.388 e. The quantitative estimate of drug-likeness (QED) is 0.723. The standard InChI is InChI=1S/C13H17NO.C11H14N2O.C2H6/c15-13-7-4-9-14(11-13)10-8-12-5-2-1-3-6-12;14-11-5-3-7-13(9-11)8-10-4-1-2-6-12-10;1-2/h1-7,13,15H,8-11H2;1-6,11,14H,7-9H2;1-2H3. The Morgan fingerprint density at radius 2 is 1.45 bits per heavy atom. The smallest absolute Gasteiger partial charge is 0.0848 e. The van der Waals surface area contributed by atoms with Gasteiger partial charge >= 0.3 is 0 Å². The summed E-state index contributed by atoms with van der Waals surface area (Å²) in [6.45, 7) is 9.15. The van der Waals surface area contributed by atoms with Gasteiger partial charge in [0.05, 0.1) is 17.9 Å². The molecule has 2 aliphatic rings. The summed E-state index contributed by atoms with van der Waals surface area (Å²) in [6, 6.07) is 16.4. The van der Waals surface area contributed by atoms with Crippen LogP contribution in [0.2, 0.25) is 0 Å². The van der Waals surface area contributed by atoms with Crippen LogP contribution < -0.4 is 0 Å². The number of benzene rings is 1. The molecule has 168 valence electrons. The van der Waals surface area contributed by atoms with E-state index >= 15 is 0 Å². The lowest BCUT2D eigenvalue weighted by Gasteiger charge is -2.25. The minimum atomic E-state index is -0.326. The molecule has 1 aromatic heterocycles. The highest BCUT2D eigenvalue weighted by molar-refractivity contribution is 5.15. The average Bonchev–Trinajstić information content (AvgIpc) is 2.81. The zero-order chi connectivity index (χ0) is 22.3. The van der Waals surface area contributed by atoms with Gasteiger partial charge in [-0.1, -0.05) is 74.5 Å². The second-order valence-corrected chi connectivity index (χ2v) is 7.50. The van der Waals surface area contributed by atoms with E-state index in [9.17, 15) is 10.2 Å². The van der Waals surface area contributed by atoms with Crippen molar-refractivity contribution in [3.63, 3.8) is 0 Å². The van der Waals surface area contributed by atoms with Crippen molar-refractivity contribution in [1.29, 1.82) is 0 Å². The molecular formula is C26H37N3O2. The van der Waals surface area contributed by atoms with Crippen LogP contribution in [-0.2, 0) is 13.0 Å². The van der Waals surface area contributed by atoms with Gasteiger partial charge in [0.25, 0.3) is 0 Å². The van der Waals surface area contributed by atoms with E-state index in [-0.39, 0.29) is 12.2 Å². The zero-order valence-corrected chi connectivity index (χ0v) is 18.8. The SMILES string of the molecule is CC.OC1C=CCN(CCc2ccccc2)C1.OC1C=CCN(Cc2ccccn2)C1. The molecule has 0 aliphatic carbocycles. The number of β-amino-alcohol motifs (C(OH)–C–C–N with tert-alkyl or cyclic N) is 2. The number of pyridine rings is 1. The molecule has 2 aromatic rings. The summed E-state index contributed by atoms with van der Waals surface area (Å²) in [4.78, 5) is 8.70. The van der Waals surface area contributed by atoms with E-state index in [1.54, 1.807) is 6.20 Å². The molecule has 0 bridgehead atoms. The Bertz CT molecular complexity index is 765. The molecular weight excluding hydrogens is 386 g/mol. The fourth-order valence-corrected chi connectivity index (χ4v) is 3.50. The van der Waals surface area contributed by atoms with E-state index in [2.05, 4.69) is 39.0 Å². The number of aliphatic hydroxyl groups excluding tert-OH is 2. The second kappa shape index (κ2) is 14.7. The van der Waals surface area contributed by atoms with Crippen LogP contribution in [0.25, 0.3) is 0 Å². The summed E-state index contributed by atoms with van der Waals surface area (Å²) >= 11 is 0. The normalized spacial score (nSPS) is 20.9. The Hall–Kier alpha value is -2.31. The zero-order valence-electron chi connectivity index (χ0n) is 18.8. The van der Waals surface area contributed by atoms with Crippen LogP contribution >= 0.6 is 0 Å². The molecule has 0 fully saturated rings. The third-order valence-corrected chi connectivity index (χ3v) is 5.01. The first-order valence-electron chi connectivity index (χ1n) is 11.3. The lowest BCUT2D eigenvalue weighted by molar-refractivity contribution is 0.139. The Labute approximate surface area is 187 Å². The molecule has 5 heteroatoms. The van der Waals surface area contributed by atoms with E-state index in [0.29, 0.717) is 6.54 Å². The van der Waals surface area contributed by atoms with E-state index < -0.39 is 0 Å². The Morgan fingerprint density at radius 3 is 2.06 bits per heavy atom. The summed E-state index contributed by atoms with van der Waals surface area (Å²) < 4.78 is 0. The fourth-order valence-electron chi connectivity index (χ4n) is 3.50. The first-order valence-corrected chi connectivity index (χ1v) is 11.3. The number of aromatic nitrogens is 1. The van der Waals surface area contributed by atoms with Gasteiger partial charge in [-0.3, -0.25) is 14.8 Å². The lowest BCUT2D eigenvalue weighted by Crippen LogP contribution is -2.36. The summed E-state index contributed by atoms with van der Waals surface area (Å²) in [5, 5.41) is 18.9. The van der Waals surface area contributed by atoms with Crippen LogP contribution in [0.1, 0.15) is 25.1 Å². The summed E-state index contributed by atoms with van der Waals surface area (Å²) in [5.74, 6) is 0. The molecule has 2 unspecified atom stereocenters. The van der Waals surface area contributed by atoms with Crippen LogP contribution in [-0.4, -0.2) is 69.9 Å². The second-order valence-electron chi connectivity index (χ2n) is 7.50. The van der Waals surface area contributed by atoms with E-state index in [1.165, 1.54) is 5.56 Å². The molecule has 1 aromatic carbocycles. The van der Waals surface area contributed by atoms with Crippen molar-refractivity contribution < 1.29 is 10.2 Å². The predicted molar refractivity (Wildman–Crippen MR) is 128 cm³/mol. The minimum absolute atomic E-state index is 0.283. The third-order valence-electron chi connectivity index (χ3n) is 5.01. The lowest BCUT2D eigenvalue weighted by atomic mass is 10.1. The molecule has 0 amide bonds. The average molecular weight is 424 g/mol. The maximum absolute atomic E-state index is 9.45. The maximum atomic E-state index is 9.45. The predicted octanol–water partition coefficient (Wildman–Crippen LogP) is 3.30. The van der Waals surface area contributed by atoms with Gasteiger partial charge in [0.2, 0.25) is 0 Å². The molecule has 0 saturated heterocycles. The van der Waals surface area contributed by atoms with Gasteiger partial charge in [-0.25, -0.2) is 0 Å². The maximum Gasteiger partial charge on any atom is 0.0848 e. The van der Waals surface area contributed by atoms with Gasteiger partial charge in [-0.2, -0.15) is 0 Å². The Kier molecular flexibility index (Phi) is 11.8. The van der Waals surface area contributed by atoms with Gasteiger partial charge < -0.3 is 10.2 Å². The molecule has 2 N–H and O–H groups in total. The monoisotopic (exact) mass is 423 g/mol. The highest BCUT2D eigenvalue weighted by atomic mass is 16.3. The molecule has 2 aliphatic heterocycles. The number of nitrogens with zero attached hydrogens (tertiary/aromatic N) is 3. The van der Waals surface area contributed by atoms with Gasteiger partial charge in [-0.15, -0.1) is 0 Å². The van der Waals surface area contributed by atoms with Gasteiger partial charge in [0, 0.05) is 45.5 Å².